The molecule has 3 aromatic heterocycles. The fraction of sp³-hybridized carbons (Fsp3) is 0. The first-order chi connectivity index (χ1) is 26.8. The van der Waals surface area contributed by atoms with Gasteiger partial charge in [-0.15, -0.1) is 11.3 Å². The molecular weight excluding hydrogens is 677 g/mol. The van der Waals surface area contributed by atoms with Gasteiger partial charge in [-0.25, -0.2) is 15.0 Å². The van der Waals surface area contributed by atoms with Crippen molar-refractivity contribution in [1.82, 2.24) is 19.5 Å². The fourth-order valence-electron chi connectivity index (χ4n) is 8.00. The minimum absolute atomic E-state index is 0.658. The van der Waals surface area contributed by atoms with Gasteiger partial charge in [-0.3, -0.25) is 0 Å². The van der Waals surface area contributed by atoms with Crippen LogP contribution < -0.4 is 0 Å². The zero-order chi connectivity index (χ0) is 35.6. The van der Waals surface area contributed by atoms with Gasteiger partial charge in [0.05, 0.1) is 16.7 Å². The number of aromatic nitrogens is 4. The summed E-state index contributed by atoms with van der Waals surface area (Å²) in [7, 11) is 0. The first kappa shape index (κ1) is 30.7. The normalized spacial score (nSPS) is 11.7. The molecule has 0 aliphatic heterocycles. The minimum atomic E-state index is 0.658. The largest absolute Gasteiger partial charge is 0.308 e. The van der Waals surface area contributed by atoms with Crippen LogP contribution in [0.5, 0.6) is 0 Å². The van der Waals surface area contributed by atoms with E-state index in [1.54, 1.807) is 0 Å². The molecule has 11 rings (SSSR count). The van der Waals surface area contributed by atoms with Crippen molar-refractivity contribution in [2.75, 3.05) is 0 Å². The molecule has 4 nitrogen and oxygen atoms in total. The van der Waals surface area contributed by atoms with Crippen LogP contribution in [-0.4, -0.2) is 19.5 Å². The summed E-state index contributed by atoms with van der Waals surface area (Å²) >= 11 is 1.81. The lowest BCUT2D eigenvalue weighted by Gasteiger charge is -2.14. The van der Waals surface area contributed by atoms with E-state index in [1.165, 1.54) is 69.6 Å². The second kappa shape index (κ2) is 12.3. The van der Waals surface area contributed by atoms with Crippen LogP contribution in [0.3, 0.4) is 0 Å². The van der Waals surface area contributed by atoms with E-state index in [-0.39, 0.29) is 0 Å². The summed E-state index contributed by atoms with van der Waals surface area (Å²) in [6.07, 6.45) is 0. The number of nitrogens with zero attached hydrogens (tertiary/aromatic N) is 4. The van der Waals surface area contributed by atoms with Crippen LogP contribution in [0.2, 0.25) is 0 Å². The molecule has 11 aromatic rings. The van der Waals surface area contributed by atoms with Crippen molar-refractivity contribution in [3.05, 3.63) is 182 Å². The zero-order valence-corrected chi connectivity index (χ0v) is 29.8. The number of fused-ring (bicyclic) bond motifs is 8. The smallest absolute Gasteiger partial charge is 0.164 e. The summed E-state index contributed by atoms with van der Waals surface area (Å²) in [5.74, 6) is 1.98. The Morgan fingerprint density at radius 2 is 0.944 bits per heavy atom. The molecule has 8 aromatic carbocycles. The van der Waals surface area contributed by atoms with Gasteiger partial charge in [0.15, 0.2) is 17.5 Å². The van der Waals surface area contributed by atoms with Crippen LogP contribution in [0, 0.1) is 0 Å². The molecule has 0 atom stereocenters. The lowest BCUT2D eigenvalue weighted by molar-refractivity contribution is 1.07. The molecule has 0 N–H and O–H groups in total. The Bertz CT molecular complexity index is 3140. The standard InChI is InChI=1S/C49H30N4S/c1-4-15-31(16-5-1)39-30-40-36-22-12-13-24-41(36)53(46(40)37-23-11-10-21-35(37)39)42-25-14-26-43-45(42)38-28-27-34(29-44(38)54-43)49-51-47(32-17-6-2-7-18-32)50-48(52-49)33-19-8-3-9-20-33/h1-30H. The number of thiophene rings is 1. The third-order valence-corrected chi connectivity index (χ3v) is 11.6. The van der Waals surface area contributed by atoms with Gasteiger partial charge in [-0.2, -0.15) is 0 Å². The maximum Gasteiger partial charge on any atom is 0.164 e. The van der Waals surface area contributed by atoms with Gasteiger partial charge in [0.2, 0.25) is 0 Å². The van der Waals surface area contributed by atoms with Crippen molar-refractivity contribution in [3.8, 4) is 51.0 Å². The van der Waals surface area contributed by atoms with E-state index in [0.29, 0.717) is 17.5 Å². The molecule has 0 radical (unpaired) electrons. The Balaban J connectivity index is 1.14. The lowest BCUT2D eigenvalue weighted by Crippen LogP contribution is -2.00. The molecule has 0 aliphatic rings. The number of rotatable bonds is 5. The van der Waals surface area contributed by atoms with Crippen molar-refractivity contribution in [2.24, 2.45) is 0 Å². The number of hydrogen-bond donors (Lipinski definition) is 0. The Morgan fingerprint density at radius 1 is 0.370 bits per heavy atom. The quantitative estimate of drug-likeness (QED) is 0.179. The predicted molar refractivity (Wildman–Crippen MR) is 226 cm³/mol. The highest BCUT2D eigenvalue weighted by Crippen LogP contribution is 2.45. The van der Waals surface area contributed by atoms with Crippen molar-refractivity contribution in [3.63, 3.8) is 0 Å². The first-order valence-electron chi connectivity index (χ1n) is 18.1. The minimum Gasteiger partial charge on any atom is -0.308 e. The molecule has 0 amide bonds. The molecule has 0 spiro atoms. The summed E-state index contributed by atoms with van der Waals surface area (Å²) in [6.45, 7) is 0. The third-order valence-electron chi connectivity index (χ3n) is 10.4. The van der Waals surface area contributed by atoms with Crippen molar-refractivity contribution < 1.29 is 0 Å². The van der Waals surface area contributed by atoms with Gasteiger partial charge in [-0.05, 0) is 46.8 Å². The highest BCUT2D eigenvalue weighted by Gasteiger charge is 2.21. The van der Waals surface area contributed by atoms with Gasteiger partial charge in [0, 0.05) is 53.0 Å². The summed E-state index contributed by atoms with van der Waals surface area (Å²) in [4.78, 5) is 15.0. The van der Waals surface area contributed by atoms with Gasteiger partial charge in [-0.1, -0.05) is 152 Å². The summed E-state index contributed by atoms with van der Waals surface area (Å²) in [5.41, 5.74) is 8.94. The van der Waals surface area contributed by atoms with Crippen molar-refractivity contribution in [1.29, 1.82) is 0 Å². The average Bonchev–Trinajstić information content (AvgIpc) is 3.80. The van der Waals surface area contributed by atoms with E-state index >= 15 is 0 Å². The average molecular weight is 707 g/mol. The summed E-state index contributed by atoms with van der Waals surface area (Å²) in [5, 5.41) is 7.43. The maximum atomic E-state index is 5.02. The Labute approximate surface area is 315 Å². The second-order valence-corrected chi connectivity index (χ2v) is 14.7. The molecule has 0 saturated carbocycles. The van der Waals surface area contributed by atoms with E-state index in [9.17, 15) is 0 Å². The number of benzene rings is 8. The molecule has 0 saturated heterocycles. The summed E-state index contributed by atoms with van der Waals surface area (Å²) < 4.78 is 4.92. The van der Waals surface area contributed by atoms with Crippen LogP contribution in [0.25, 0.3) is 104 Å². The topological polar surface area (TPSA) is 43.6 Å². The first-order valence-corrected chi connectivity index (χ1v) is 18.9. The zero-order valence-electron chi connectivity index (χ0n) is 29.0. The van der Waals surface area contributed by atoms with Crippen LogP contribution in [0.4, 0.5) is 0 Å². The lowest BCUT2D eigenvalue weighted by atomic mass is 9.95. The number of para-hydroxylation sites is 1. The van der Waals surface area contributed by atoms with Crippen LogP contribution >= 0.6 is 11.3 Å². The van der Waals surface area contributed by atoms with Crippen molar-refractivity contribution in [2.45, 2.75) is 0 Å². The number of hydrogen-bond acceptors (Lipinski definition) is 4. The Morgan fingerprint density at radius 3 is 1.63 bits per heavy atom. The maximum absolute atomic E-state index is 5.02. The van der Waals surface area contributed by atoms with Crippen LogP contribution in [-0.2, 0) is 0 Å². The summed E-state index contributed by atoms with van der Waals surface area (Å²) in [6, 6.07) is 64.5. The molecule has 252 valence electrons. The Hall–Kier alpha value is -6.95. The molecule has 0 aliphatic carbocycles. The molecule has 5 heteroatoms. The van der Waals surface area contributed by atoms with Crippen LogP contribution in [0.15, 0.2) is 182 Å². The molecule has 0 bridgehead atoms. The van der Waals surface area contributed by atoms with Crippen LogP contribution in [0.1, 0.15) is 0 Å². The third kappa shape index (κ3) is 4.86. The molecule has 54 heavy (non-hydrogen) atoms. The van der Waals surface area contributed by atoms with Gasteiger partial charge >= 0.3 is 0 Å². The van der Waals surface area contributed by atoms with E-state index in [4.69, 9.17) is 15.0 Å². The molecule has 3 heterocycles. The van der Waals surface area contributed by atoms with Gasteiger partial charge < -0.3 is 4.57 Å². The highest BCUT2D eigenvalue weighted by molar-refractivity contribution is 7.26. The Kier molecular flexibility index (Phi) is 7.00. The molecule has 0 unspecified atom stereocenters. The van der Waals surface area contributed by atoms with E-state index in [1.807, 2.05) is 72.0 Å². The molecular formula is C49H30N4S. The SMILES string of the molecule is c1ccc(-c2nc(-c3ccccc3)nc(-c3ccc4c(c3)sc3cccc(-n5c6ccccc6c6cc(-c7ccccc7)c7ccccc7c65)c34)n2)cc1. The monoisotopic (exact) mass is 706 g/mol. The van der Waals surface area contributed by atoms with Gasteiger partial charge in [0.1, 0.15) is 0 Å². The predicted octanol–water partition coefficient (Wildman–Crippen LogP) is 13.2. The second-order valence-electron chi connectivity index (χ2n) is 13.6. The molecule has 0 fully saturated rings. The van der Waals surface area contributed by atoms with E-state index < -0.39 is 0 Å². The fourth-order valence-corrected chi connectivity index (χ4v) is 9.17. The highest BCUT2D eigenvalue weighted by atomic mass is 32.1. The van der Waals surface area contributed by atoms with E-state index in [2.05, 4.69) is 126 Å². The van der Waals surface area contributed by atoms with Gasteiger partial charge in [0.25, 0.3) is 0 Å². The van der Waals surface area contributed by atoms with Crippen molar-refractivity contribution >= 4 is 64.1 Å². The van der Waals surface area contributed by atoms with E-state index in [0.717, 1.165) is 16.7 Å².